The lowest BCUT2D eigenvalue weighted by molar-refractivity contribution is 0.00361. The highest BCUT2D eigenvalue weighted by molar-refractivity contribution is 6.03. The van der Waals surface area contributed by atoms with Gasteiger partial charge in [-0.3, -0.25) is 9.69 Å². The largest absolute Gasteiger partial charge is 0.377 e. The lowest BCUT2D eigenvalue weighted by atomic mass is 9.84. The molecule has 2 atom stereocenters. The molecule has 208 valence electrons. The Morgan fingerprint density at radius 3 is 2.67 bits per heavy atom. The average Bonchev–Trinajstić information content (AvgIpc) is 3.20. The molecule has 0 radical (unpaired) electrons. The van der Waals surface area contributed by atoms with Crippen LogP contribution in [0.1, 0.15) is 54.4 Å². The number of benzene rings is 1. The topological polar surface area (TPSA) is 62.1 Å². The van der Waals surface area contributed by atoms with E-state index in [1.165, 1.54) is 25.0 Å². The molecule has 1 amide bonds. The van der Waals surface area contributed by atoms with Gasteiger partial charge in [-0.25, -0.2) is 9.37 Å². The molecule has 0 unspecified atom stereocenters. The summed E-state index contributed by atoms with van der Waals surface area (Å²) >= 11 is 0. The van der Waals surface area contributed by atoms with Gasteiger partial charge in [-0.15, -0.1) is 0 Å². The van der Waals surface area contributed by atoms with Crippen LogP contribution >= 0.6 is 0 Å². The fraction of sp³-hybridized carbons (Fsp3) is 0.533. The van der Waals surface area contributed by atoms with Crippen LogP contribution < -0.4 is 5.32 Å². The van der Waals surface area contributed by atoms with Crippen LogP contribution in [0.2, 0.25) is 0 Å². The van der Waals surface area contributed by atoms with Crippen LogP contribution in [-0.2, 0) is 4.74 Å². The van der Waals surface area contributed by atoms with Crippen LogP contribution in [0.15, 0.2) is 30.5 Å². The number of likely N-dealkylation sites (tertiary alicyclic amines) is 1. The van der Waals surface area contributed by atoms with Gasteiger partial charge >= 0.3 is 0 Å². The van der Waals surface area contributed by atoms with Crippen LogP contribution in [0.4, 0.5) is 8.78 Å². The average molecular weight is 538 g/mol. The molecule has 5 heterocycles. The van der Waals surface area contributed by atoms with Gasteiger partial charge in [0.25, 0.3) is 5.91 Å². The van der Waals surface area contributed by atoms with E-state index in [1.54, 1.807) is 22.3 Å². The zero-order valence-electron chi connectivity index (χ0n) is 22.9. The van der Waals surface area contributed by atoms with Gasteiger partial charge in [0.15, 0.2) is 0 Å². The first-order valence-corrected chi connectivity index (χ1v) is 14.1. The standard InChI is InChI=1S/C30H37F2N5O2/c1-18-17-39-11-10-36(18)30(38)27-13-24(31)4-5-25(27)26-12-22(16-37-20(3)34-29(32)28(26)37)23-14-35(15-23)19(2)21-6-8-33-9-7-21/h4-5,12-13,16,18-19,21,23,33H,6-11,14-15,17H2,1-3H3/t18-,19+/m1/s1. The second kappa shape index (κ2) is 10.6. The molecule has 3 aliphatic rings. The maximum Gasteiger partial charge on any atom is 0.254 e. The van der Waals surface area contributed by atoms with Crippen molar-refractivity contribution < 1.29 is 18.3 Å². The molecule has 0 saturated carbocycles. The maximum atomic E-state index is 15.3. The van der Waals surface area contributed by atoms with Crippen molar-refractivity contribution in [1.29, 1.82) is 0 Å². The third-order valence-electron chi connectivity index (χ3n) is 9.04. The third kappa shape index (κ3) is 4.85. The highest BCUT2D eigenvalue weighted by atomic mass is 19.1. The lowest BCUT2D eigenvalue weighted by Gasteiger charge is -2.47. The molecule has 1 N–H and O–H groups in total. The van der Waals surface area contributed by atoms with E-state index < -0.39 is 11.8 Å². The Hall–Kier alpha value is -2.88. The molecule has 6 rings (SSSR count). The Morgan fingerprint density at radius 1 is 1.15 bits per heavy atom. The van der Waals surface area contributed by atoms with Crippen molar-refractivity contribution in [2.24, 2.45) is 5.92 Å². The van der Waals surface area contributed by atoms with E-state index in [2.05, 4.69) is 22.1 Å². The number of nitrogens with zero attached hydrogens (tertiary/aromatic N) is 4. The highest BCUT2D eigenvalue weighted by Gasteiger charge is 2.36. The quantitative estimate of drug-likeness (QED) is 0.528. The normalized spacial score (nSPS) is 22.3. The maximum absolute atomic E-state index is 15.3. The van der Waals surface area contributed by atoms with Crippen LogP contribution in [-0.4, -0.2) is 83.1 Å². The van der Waals surface area contributed by atoms with Crippen molar-refractivity contribution in [3.05, 3.63) is 59.2 Å². The number of carbonyl (C=O) groups is 1. The van der Waals surface area contributed by atoms with Gasteiger partial charge in [-0.1, -0.05) is 6.07 Å². The zero-order valence-corrected chi connectivity index (χ0v) is 22.9. The minimum absolute atomic E-state index is 0.134. The van der Waals surface area contributed by atoms with Crippen molar-refractivity contribution in [2.75, 3.05) is 45.9 Å². The molecule has 2 aromatic heterocycles. The highest BCUT2D eigenvalue weighted by Crippen LogP contribution is 2.38. The number of ether oxygens (including phenoxy) is 1. The van der Waals surface area contributed by atoms with Gasteiger partial charge in [0.1, 0.15) is 17.2 Å². The second-order valence-corrected chi connectivity index (χ2v) is 11.4. The van der Waals surface area contributed by atoms with Crippen LogP contribution in [0.3, 0.4) is 0 Å². The number of hydrogen-bond donors (Lipinski definition) is 1. The molecule has 3 aromatic rings. The van der Waals surface area contributed by atoms with E-state index in [0.29, 0.717) is 60.1 Å². The van der Waals surface area contributed by atoms with Gasteiger partial charge in [0.2, 0.25) is 5.95 Å². The van der Waals surface area contributed by atoms with Crippen molar-refractivity contribution in [3.63, 3.8) is 0 Å². The van der Waals surface area contributed by atoms with E-state index in [0.717, 1.165) is 31.7 Å². The molecule has 3 saturated heterocycles. The summed E-state index contributed by atoms with van der Waals surface area (Å²) in [7, 11) is 0. The Bertz CT molecular complexity index is 1380. The number of piperidine rings is 1. The number of nitrogens with one attached hydrogen (secondary N) is 1. The number of amides is 1. The van der Waals surface area contributed by atoms with Gasteiger partial charge in [0, 0.05) is 43.4 Å². The minimum atomic E-state index is -0.591. The Labute approximate surface area is 228 Å². The summed E-state index contributed by atoms with van der Waals surface area (Å²) in [5.41, 5.74) is 2.71. The first-order chi connectivity index (χ1) is 18.8. The Balaban J connectivity index is 1.37. The number of carbonyl (C=O) groups excluding carboxylic acids is 1. The van der Waals surface area contributed by atoms with E-state index in [-0.39, 0.29) is 17.5 Å². The number of halogens is 2. The smallest absolute Gasteiger partial charge is 0.254 e. The van der Waals surface area contributed by atoms with Crippen LogP contribution in [0.25, 0.3) is 16.6 Å². The number of imidazole rings is 1. The molecule has 0 spiro atoms. The van der Waals surface area contributed by atoms with Crippen LogP contribution in [0.5, 0.6) is 0 Å². The molecule has 0 bridgehead atoms. The first-order valence-electron chi connectivity index (χ1n) is 14.1. The Morgan fingerprint density at radius 2 is 1.92 bits per heavy atom. The van der Waals surface area contributed by atoms with Crippen molar-refractivity contribution in [1.82, 2.24) is 24.5 Å². The monoisotopic (exact) mass is 537 g/mol. The molecular weight excluding hydrogens is 500 g/mol. The molecule has 3 aliphatic heterocycles. The molecule has 9 heteroatoms. The number of aryl methyl sites for hydroxylation is 1. The second-order valence-electron chi connectivity index (χ2n) is 11.4. The molecule has 39 heavy (non-hydrogen) atoms. The SMILES string of the molecule is Cc1nc(F)c2c(-c3ccc(F)cc3C(=O)N3CCOC[C@H]3C)cc(C3CN([C@@H](C)C4CCNCC4)C3)cn12. The van der Waals surface area contributed by atoms with Crippen LogP contribution in [0, 0.1) is 24.6 Å². The fourth-order valence-electron chi connectivity index (χ4n) is 6.55. The summed E-state index contributed by atoms with van der Waals surface area (Å²) in [5.74, 6) is 0.174. The first kappa shape index (κ1) is 26.3. The summed E-state index contributed by atoms with van der Waals surface area (Å²) in [6.45, 7) is 11.4. The van der Waals surface area contributed by atoms with Crippen molar-refractivity contribution >= 4 is 11.4 Å². The number of pyridine rings is 1. The van der Waals surface area contributed by atoms with Gasteiger partial charge in [0.05, 0.1) is 24.8 Å². The molecular formula is C30H37F2N5O2. The molecule has 3 fully saturated rings. The summed E-state index contributed by atoms with van der Waals surface area (Å²) < 4.78 is 37.1. The Kier molecular flexibility index (Phi) is 7.16. The predicted molar refractivity (Wildman–Crippen MR) is 146 cm³/mol. The third-order valence-corrected chi connectivity index (χ3v) is 9.04. The van der Waals surface area contributed by atoms with Gasteiger partial charge in [-0.2, -0.15) is 4.39 Å². The van der Waals surface area contributed by atoms with E-state index in [4.69, 9.17) is 4.74 Å². The summed E-state index contributed by atoms with van der Waals surface area (Å²) in [6, 6.07) is 6.59. The van der Waals surface area contributed by atoms with Crippen molar-refractivity contribution in [3.8, 4) is 11.1 Å². The summed E-state index contributed by atoms with van der Waals surface area (Å²) in [6.07, 6.45) is 4.39. The van der Waals surface area contributed by atoms with Gasteiger partial charge < -0.3 is 19.4 Å². The predicted octanol–water partition coefficient (Wildman–Crippen LogP) is 4.24. The number of fused-ring (bicyclic) bond motifs is 1. The van der Waals surface area contributed by atoms with E-state index in [9.17, 15) is 9.18 Å². The number of rotatable bonds is 5. The fourth-order valence-corrected chi connectivity index (χ4v) is 6.55. The summed E-state index contributed by atoms with van der Waals surface area (Å²) in [4.78, 5) is 22.1. The summed E-state index contributed by atoms with van der Waals surface area (Å²) in [5, 5.41) is 3.45. The molecule has 7 nitrogen and oxygen atoms in total. The number of aromatic nitrogens is 2. The molecule has 1 aromatic carbocycles. The zero-order chi connectivity index (χ0) is 27.3. The lowest BCUT2D eigenvalue weighted by Crippen LogP contribution is -2.53. The minimum Gasteiger partial charge on any atom is -0.377 e. The van der Waals surface area contributed by atoms with Crippen molar-refractivity contribution in [2.45, 2.75) is 51.6 Å². The van der Waals surface area contributed by atoms with E-state index in [1.807, 2.05) is 19.2 Å². The van der Waals surface area contributed by atoms with E-state index >= 15 is 4.39 Å². The number of hydrogen-bond acceptors (Lipinski definition) is 5. The van der Waals surface area contributed by atoms with Gasteiger partial charge in [-0.05, 0) is 81.9 Å². The number of morpholine rings is 1. The molecule has 0 aliphatic carbocycles.